The number of carbonyl (C=O) groups excluding carboxylic acids is 1. The molecule has 0 bridgehead atoms. The van der Waals surface area contributed by atoms with Crippen LogP contribution in [0, 0.1) is 12.8 Å². The van der Waals surface area contributed by atoms with Crippen molar-refractivity contribution in [1.82, 2.24) is 14.3 Å². The summed E-state index contributed by atoms with van der Waals surface area (Å²) in [5, 5.41) is 12.9. The molecule has 170 valence electrons. The van der Waals surface area contributed by atoms with Gasteiger partial charge in [0, 0.05) is 24.0 Å². The van der Waals surface area contributed by atoms with Gasteiger partial charge in [-0.2, -0.15) is 0 Å². The lowest BCUT2D eigenvalue weighted by Gasteiger charge is -2.24. The maximum atomic E-state index is 13.1. The van der Waals surface area contributed by atoms with Gasteiger partial charge < -0.3 is 19.4 Å². The van der Waals surface area contributed by atoms with E-state index in [-0.39, 0.29) is 11.4 Å². The number of pyridine rings is 1. The van der Waals surface area contributed by atoms with Crippen LogP contribution in [0.5, 0.6) is 0 Å². The molecule has 1 saturated carbocycles. The standard InChI is InChI=1S/C26H33N3O3/c1-17-19(25(31)32)14-23(29(17)16-18-10-6-5-7-11-18)22-15-20(24(30)27-26(2,3)4)21-12-8-9-13-28(21)22/h8-9,12-15,18H,5-7,10-11,16H2,1-4H3,(H,27,30)(H,31,32). The molecule has 4 rings (SSSR count). The second-order valence-electron chi connectivity index (χ2n) is 10.1. The number of aromatic carboxylic acids is 1. The Morgan fingerprint density at radius 1 is 1.06 bits per heavy atom. The fraction of sp³-hybridized carbons (Fsp3) is 0.462. The third-order valence-corrected chi connectivity index (χ3v) is 6.43. The highest BCUT2D eigenvalue weighted by molar-refractivity contribution is 6.03. The molecule has 0 saturated heterocycles. The van der Waals surface area contributed by atoms with Crippen LogP contribution in [0.25, 0.3) is 16.9 Å². The minimum absolute atomic E-state index is 0.131. The largest absolute Gasteiger partial charge is 0.478 e. The lowest BCUT2D eigenvalue weighted by molar-refractivity contribution is 0.0695. The van der Waals surface area contributed by atoms with E-state index in [1.165, 1.54) is 32.1 Å². The van der Waals surface area contributed by atoms with Crippen molar-refractivity contribution in [3.63, 3.8) is 0 Å². The number of fused-ring (bicyclic) bond motifs is 1. The van der Waals surface area contributed by atoms with E-state index in [1.54, 1.807) is 6.07 Å². The van der Waals surface area contributed by atoms with Crippen LogP contribution >= 0.6 is 0 Å². The fourth-order valence-electron chi connectivity index (χ4n) is 4.88. The molecule has 0 unspecified atom stereocenters. The smallest absolute Gasteiger partial charge is 0.337 e. The molecule has 0 radical (unpaired) electrons. The molecule has 0 aromatic carbocycles. The molecule has 0 atom stereocenters. The van der Waals surface area contributed by atoms with Gasteiger partial charge in [0.15, 0.2) is 0 Å². The highest BCUT2D eigenvalue weighted by Crippen LogP contribution is 2.33. The SMILES string of the molecule is Cc1c(C(=O)O)cc(-c2cc(C(=O)NC(C)(C)C)c3ccccn23)n1CC1CCCCC1. The first-order valence-electron chi connectivity index (χ1n) is 11.5. The Balaban J connectivity index is 1.85. The van der Waals surface area contributed by atoms with Crippen LogP contribution in [-0.4, -0.2) is 31.5 Å². The summed E-state index contributed by atoms with van der Waals surface area (Å²) in [6, 6.07) is 9.44. The lowest BCUT2D eigenvalue weighted by atomic mass is 9.89. The monoisotopic (exact) mass is 435 g/mol. The molecule has 2 N–H and O–H groups in total. The van der Waals surface area contributed by atoms with Gasteiger partial charge in [-0.15, -0.1) is 0 Å². The minimum atomic E-state index is -0.919. The van der Waals surface area contributed by atoms with E-state index in [1.807, 2.05) is 62.6 Å². The van der Waals surface area contributed by atoms with Gasteiger partial charge in [-0.3, -0.25) is 4.79 Å². The Kier molecular flexibility index (Phi) is 5.89. The summed E-state index contributed by atoms with van der Waals surface area (Å²) in [7, 11) is 0. The van der Waals surface area contributed by atoms with E-state index >= 15 is 0 Å². The first kappa shape index (κ1) is 22.2. The molecule has 3 aromatic heterocycles. The van der Waals surface area contributed by atoms with Gasteiger partial charge in [0.05, 0.1) is 28.0 Å². The van der Waals surface area contributed by atoms with E-state index < -0.39 is 5.97 Å². The van der Waals surface area contributed by atoms with E-state index in [4.69, 9.17) is 0 Å². The highest BCUT2D eigenvalue weighted by Gasteiger charge is 2.25. The number of amides is 1. The average Bonchev–Trinajstić information content (AvgIpc) is 3.26. The lowest BCUT2D eigenvalue weighted by Crippen LogP contribution is -2.40. The Labute approximate surface area is 189 Å². The molecular weight excluding hydrogens is 402 g/mol. The quantitative estimate of drug-likeness (QED) is 0.554. The fourth-order valence-corrected chi connectivity index (χ4v) is 4.88. The van der Waals surface area contributed by atoms with Crippen LogP contribution in [0.15, 0.2) is 36.5 Å². The normalized spacial score (nSPS) is 15.2. The van der Waals surface area contributed by atoms with Gasteiger partial charge in [-0.1, -0.05) is 25.3 Å². The van der Waals surface area contributed by atoms with Crippen LogP contribution in [0.2, 0.25) is 0 Å². The Hall–Kier alpha value is -3.02. The molecule has 3 aromatic rings. The van der Waals surface area contributed by atoms with Crippen LogP contribution in [0.3, 0.4) is 0 Å². The van der Waals surface area contributed by atoms with Crippen molar-refractivity contribution in [1.29, 1.82) is 0 Å². The zero-order valence-corrected chi connectivity index (χ0v) is 19.4. The van der Waals surface area contributed by atoms with Crippen LogP contribution < -0.4 is 5.32 Å². The third kappa shape index (κ3) is 4.31. The number of carboxylic acid groups (broad SMARTS) is 1. The first-order chi connectivity index (χ1) is 15.2. The number of nitrogens with zero attached hydrogens (tertiary/aromatic N) is 2. The van der Waals surface area contributed by atoms with Crippen LogP contribution in [0.1, 0.15) is 79.3 Å². The highest BCUT2D eigenvalue weighted by atomic mass is 16.4. The van der Waals surface area contributed by atoms with Gasteiger partial charge in [0.2, 0.25) is 0 Å². The van der Waals surface area contributed by atoms with Gasteiger partial charge in [0.1, 0.15) is 0 Å². The molecule has 1 amide bonds. The number of carboxylic acids is 1. The molecule has 6 heteroatoms. The van der Waals surface area contributed by atoms with E-state index in [0.29, 0.717) is 17.0 Å². The molecule has 6 nitrogen and oxygen atoms in total. The van der Waals surface area contributed by atoms with E-state index in [2.05, 4.69) is 9.88 Å². The number of rotatable bonds is 5. The van der Waals surface area contributed by atoms with Crippen molar-refractivity contribution in [2.45, 2.75) is 71.9 Å². The summed E-state index contributed by atoms with van der Waals surface area (Å²) < 4.78 is 4.15. The summed E-state index contributed by atoms with van der Waals surface area (Å²) in [5.41, 5.74) is 3.83. The Bertz CT molecular complexity index is 1160. The molecule has 1 aliphatic carbocycles. The maximum absolute atomic E-state index is 13.1. The predicted octanol–water partition coefficient (Wildman–Crippen LogP) is 5.52. The summed E-state index contributed by atoms with van der Waals surface area (Å²) in [4.78, 5) is 25.0. The number of carbonyl (C=O) groups is 2. The number of hydrogen-bond acceptors (Lipinski definition) is 2. The molecular formula is C26H33N3O3. The number of nitrogens with one attached hydrogen (secondary N) is 1. The van der Waals surface area contributed by atoms with Gasteiger partial charge in [-0.05, 0) is 70.7 Å². The van der Waals surface area contributed by atoms with Crippen molar-refractivity contribution in [3.05, 3.63) is 53.3 Å². The first-order valence-corrected chi connectivity index (χ1v) is 11.5. The summed E-state index contributed by atoms with van der Waals surface area (Å²) in [6.07, 6.45) is 8.03. The van der Waals surface area contributed by atoms with Crippen molar-refractivity contribution in [2.75, 3.05) is 0 Å². The number of aromatic nitrogens is 2. The third-order valence-electron chi connectivity index (χ3n) is 6.43. The topological polar surface area (TPSA) is 75.7 Å². The Morgan fingerprint density at radius 2 is 1.75 bits per heavy atom. The minimum Gasteiger partial charge on any atom is -0.478 e. The van der Waals surface area contributed by atoms with Gasteiger partial charge >= 0.3 is 5.97 Å². The summed E-state index contributed by atoms with van der Waals surface area (Å²) in [5.74, 6) is -0.504. The van der Waals surface area contributed by atoms with Crippen molar-refractivity contribution in [3.8, 4) is 11.4 Å². The Morgan fingerprint density at radius 3 is 2.41 bits per heavy atom. The zero-order chi connectivity index (χ0) is 23.0. The van der Waals surface area contributed by atoms with Crippen molar-refractivity contribution in [2.24, 2.45) is 5.92 Å². The van der Waals surface area contributed by atoms with E-state index in [9.17, 15) is 14.7 Å². The van der Waals surface area contributed by atoms with Crippen LogP contribution in [0.4, 0.5) is 0 Å². The van der Waals surface area contributed by atoms with Gasteiger partial charge in [-0.25, -0.2) is 4.79 Å². The molecule has 32 heavy (non-hydrogen) atoms. The zero-order valence-electron chi connectivity index (χ0n) is 19.4. The summed E-state index contributed by atoms with van der Waals surface area (Å²) >= 11 is 0. The number of hydrogen-bond donors (Lipinski definition) is 2. The van der Waals surface area contributed by atoms with Gasteiger partial charge in [0.25, 0.3) is 5.91 Å². The van der Waals surface area contributed by atoms with Crippen LogP contribution in [-0.2, 0) is 6.54 Å². The molecule has 1 aliphatic rings. The molecule has 1 fully saturated rings. The predicted molar refractivity (Wildman–Crippen MR) is 126 cm³/mol. The molecule has 0 aliphatic heterocycles. The second kappa shape index (κ2) is 8.49. The van der Waals surface area contributed by atoms with Crippen molar-refractivity contribution < 1.29 is 14.7 Å². The molecule has 3 heterocycles. The van der Waals surface area contributed by atoms with Crippen molar-refractivity contribution >= 4 is 17.4 Å². The second-order valence-corrected chi connectivity index (χ2v) is 10.1. The summed E-state index contributed by atoms with van der Waals surface area (Å²) in [6.45, 7) is 8.57. The average molecular weight is 436 g/mol. The van der Waals surface area contributed by atoms with E-state index in [0.717, 1.165) is 29.1 Å². The molecule has 0 spiro atoms. The maximum Gasteiger partial charge on any atom is 0.337 e.